The van der Waals surface area contributed by atoms with Gasteiger partial charge in [0.05, 0.1) is 0 Å². The number of rotatable bonds is 5. The summed E-state index contributed by atoms with van der Waals surface area (Å²) in [5.74, 6) is -0.584. The van der Waals surface area contributed by atoms with Crippen molar-refractivity contribution in [2.24, 2.45) is 5.14 Å². The molecule has 0 amide bonds. The molecule has 58 valence electrons. The van der Waals surface area contributed by atoms with Crippen molar-refractivity contribution in [1.82, 2.24) is 5.32 Å². The van der Waals surface area contributed by atoms with Crippen LogP contribution in [0.3, 0.4) is 0 Å². The van der Waals surface area contributed by atoms with Crippen LogP contribution < -0.4 is 10.5 Å². The molecule has 4 N–H and O–H groups in total. The van der Waals surface area contributed by atoms with Gasteiger partial charge in [-0.25, -0.2) is 4.79 Å². The minimum absolute atomic E-state index is 0.335. The molecule has 0 aromatic heterocycles. The second-order valence-corrected chi connectivity index (χ2v) is 2.26. The van der Waals surface area contributed by atoms with E-state index in [1.165, 1.54) is 6.20 Å². The molecular formula is C5H10N2O2S. The smallest absolute Gasteiger partial charge is 0.327 e. The van der Waals surface area contributed by atoms with Crippen LogP contribution in [0.4, 0.5) is 0 Å². The van der Waals surface area contributed by atoms with Crippen LogP contribution in [0, 0.1) is 0 Å². The minimum Gasteiger partial charge on any atom is -0.480 e. The number of carboxylic acids is 1. The van der Waals surface area contributed by atoms with Gasteiger partial charge < -0.3 is 10.4 Å². The first-order chi connectivity index (χ1) is 4.72. The summed E-state index contributed by atoms with van der Waals surface area (Å²) in [5.41, 5.74) is 0. The Bertz CT molecular complexity index is 129. The summed E-state index contributed by atoms with van der Waals surface area (Å²) in [6, 6.07) is -0.632. The molecule has 0 fully saturated rings. The molecule has 0 saturated carbocycles. The normalized spacial score (nSPS) is 12.1. The molecule has 0 saturated heterocycles. The van der Waals surface area contributed by atoms with Crippen LogP contribution in [-0.2, 0) is 4.79 Å². The Hall–Kier alpha value is -0.680. The maximum absolute atomic E-state index is 10.3. The third-order valence-electron chi connectivity index (χ3n) is 0.880. The number of nitrogens with one attached hydrogen (secondary N) is 1. The molecule has 0 heterocycles. The first kappa shape index (κ1) is 9.32. The first-order valence-corrected chi connectivity index (χ1v) is 3.68. The van der Waals surface area contributed by atoms with Gasteiger partial charge in [-0.05, 0) is 6.20 Å². The lowest BCUT2D eigenvalue weighted by atomic mass is 10.3. The predicted octanol–water partition coefficient (Wildman–Crippen LogP) is -0.220. The van der Waals surface area contributed by atoms with E-state index in [-0.39, 0.29) is 0 Å². The Morgan fingerprint density at radius 2 is 2.60 bits per heavy atom. The van der Waals surface area contributed by atoms with E-state index < -0.39 is 12.0 Å². The predicted molar refractivity (Wildman–Crippen MR) is 41.4 cm³/mol. The zero-order valence-corrected chi connectivity index (χ0v) is 6.23. The number of hydrogen-bond acceptors (Lipinski definition) is 4. The summed E-state index contributed by atoms with van der Waals surface area (Å²) < 4.78 is 0. The van der Waals surface area contributed by atoms with Crippen molar-refractivity contribution < 1.29 is 9.90 Å². The Morgan fingerprint density at radius 3 is 2.90 bits per heavy atom. The van der Waals surface area contributed by atoms with Crippen molar-refractivity contribution in [2.75, 3.05) is 5.75 Å². The van der Waals surface area contributed by atoms with E-state index >= 15 is 0 Å². The van der Waals surface area contributed by atoms with Gasteiger partial charge in [-0.2, -0.15) is 0 Å². The van der Waals surface area contributed by atoms with Crippen molar-refractivity contribution in [2.45, 2.75) is 6.04 Å². The van der Waals surface area contributed by atoms with Gasteiger partial charge in [0.25, 0.3) is 0 Å². The zero-order chi connectivity index (χ0) is 7.98. The molecule has 5 heteroatoms. The van der Waals surface area contributed by atoms with Crippen LogP contribution in [0.15, 0.2) is 12.8 Å². The fourth-order valence-corrected chi connectivity index (χ4v) is 0.860. The highest BCUT2D eigenvalue weighted by Gasteiger charge is 2.13. The topological polar surface area (TPSA) is 75.3 Å². The second-order valence-electron chi connectivity index (χ2n) is 1.59. The SMILES string of the molecule is C=CN[C@@H](CSN)C(=O)O. The average molecular weight is 162 g/mol. The van der Waals surface area contributed by atoms with Gasteiger partial charge in [0.15, 0.2) is 0 Å². The van der Waals surface area contributed by atoms with Crippen LogP contribution in [0.5, 0.6) is 0 Å². The summed E-state index contributed by atoms with van der Waals surface area (Å²) in [5, 5.41) is 16.1. The molecule has 0 spiro atoms. The maximum Gasteiger partial charge on any atom is 0.327 e. The van der Waals surface area contributed by atoms with Crippen molar-refractivity contribution in [3.63, 3.8) is 0 Å². The van der Waals surface area contributed by atoms with Crippen molar-refractivity contribution in [3.05, 3.63) is 12.8 Å². The highest BCUT2D eigenvalue weighted by Crippen LogP contribution is 1.93. The quantitative estimate of drug-likeness (QED) is 0.487. The third-order valence-corrected chi connectivity index (χ3v) is 1.41. The van der Waals surface area contributed by atoms with E-state index in [1.807, 2.05) is 0 Å². The molecule has 0 aliphatic heterocycles. The van der Waals surface area contributed by atoms with Gasteiger partial charge in [-0.15, -0.1) is 0 Å². The maximum atomic E-state index is 10.3. The Morgan fingerprint density at radius 1 is 2.00 bits per heavy atom. The second kappa shape index (κ2) is 5.13. The summed E-state index contributed by atoms with van der Waals surface area (Å²) in [7, 11) is 0. The van der Waals surface area contributed by atoms with Gasteiger partial charge in [0.2, 0.25) is 0 Å². The van der Waals surface area contributed by atoms with Crippen LogP contribution in [0.1, 0.15) is 0 Å². The molecule has 10 heavy (non-hydrogen) atoms. The number of hydrogen-bond donors (Lipinski definition) is 3. The van der Waals surface area contributed by atoms with Gasteiger partial charge in [-0.3, -0.25) is 5.14 Å². The van der Waals surface area contributed by atoms with Crippen LogP contribution >= 0.6 is 11.9 Å². The lowest BCUT2D eigenvalue weighted by Gasteiger charge is -2.08. The van der Waals surface area contributed by atoms with Gasteiger partial charge in [0, 0.05) is 5.75 Å². The standard InChI is InChI=1S/C5H10N2O2S/c1-2-7-4(3-10-6)5(8)9/h2,4,7H,1,3,6H2,(H,8,9)/t4-/m0/s1. The molecule has 1 atom stereocenters. The average Bonchev–Trinajstić information content (AvgIpc) is 1.87. The first-order valence-electron chi connectivity index (χ1n) is 2.63. The number of aliphatic carboxylic acids is 1. The van der Waals surface area contributed by atoms with Crippen LogP contribution in [0.25, 0.3) is 0 Å². The Kier molecular flexibility index (Phi) is 4.78. The zero-order valence-electron chi connectivity index (χ0n) is 5.41. The highest BCUT2D eigenvalue weighted by molar-refractivity contribution is 7.97. The Labute approximate surface area is 63.6 Å². The van der Waals surface area contributed by atoms with Crippen LogP contribution in [-0.4, -0.2) is 22.9 Å². The molecule has 0 rings (SSSR count). The van der Waals surface area contributed by atoms with Crippen LogP contribution in [0.2, 0.25) is 0 Å². The van der Waals surface area contributed by atoms with E-state index in [2.05, 4.69) is 11.9 Å². The Balaban J connectivity index is 3.71. The minimum atomic E-state index is -0.919. The van der Waals surface area contributed by atoms with E-state index in [4.69, 9.17) is 10.2 Å². The van der Waals surface area contributed by atoms with E-state index in [0.717, 1.165) is 11.9 Å². The largest absolute Gasteiger partial charge is 0.480 e. The fourth-order valence-electron chi connectivity index (χ4n) is 0.429. The molecule has 0 aromatic carbocycles. The summed E-state index contributed by atoms with van der Waals surface area (Å²) in [6.45, 7) is 3.34. The molecular weight excluding hydrogens is 152 g/mol. The van der Waals surface area contributed by atoms with Gasteiger partial charge >= 0.3 is 5.97 Å². The summed E-state index contributed by atoms with van der Waals surface area (Å²) in [4.78, 5) is 10.3. The van der Waals surface area contributed by atoms with E-state index in [9.17, 15) is 4.79 Å². The number of nitrogens with two attached hydrogens (primary N) is 1. The van der Waals surface area contributed by atoms with Crippen molar-refractivity contribution in [1.29, 1.82) is 0 Å². The third kappa shape index (κ3) is 3.37. The lowest BCUT2D eigenvalue weighted by molar-refractivity contribution is -0.138. The van der Waals surface area contributed by atoms with Gasteiger partial charge in [0.1, 0.15) is 6.04 Å². The molecule has 0 aliphatic rings. The summed E-state index contributed by atoms with van der Waals surface area (Å²) >= 11 is 0.987. The number of carboxylic acid groups (broad SMARTS) is 1. The molecule has 0 aliphatic carbocycles. The molecule has 4 nitrogen and oxygen atoms in total. The lowest BCUT2D eigenvalue weighted by Crippen LogP contribution is -2.35. The van der Waals surface area contributed by atoms with Crippen molar-refractivity contribution >= 4 is 17.9 Å². The molecule has 0 aromatic rings. The molecule has 0 bridgehead atoms. The van der Waals surface area contributed by atoms with E-state index in [1.54, 1.807) is 0 Å². The molecule has 0 radical (unpaired) electrons. The van der Waals surface area contributed by atoms with E-state index in [0.29, 0.717) is 5.75 Å². The van der Waals surface area contributed by atoms with Crippen molar-refractivity contribution in [3.8, 4) is 0 Å². The monoisotopic (exact) mass is 162 g/mol. The molecule has 0 unspecified atom stereocenters. The van der Waals surface area contributed by atoms with Gasteiger partial charge in [-0.1, -0.05) is 18.5 Å². The highest BCUT2D eigenvalue weighted by atomic mass is 32.2. The summed E-state index contributed by atoms with van der Waals surface area (Å²) in [6.07, 6.45) is 1.34. The fraction of sp³-hybridized carbons (Fsp3) is 0.400. The number of carbonyl (C=O) groups is 1.